The van der Waals surface area contributed by atoms with Gasteiger partial charge in [0, 0.05) is 39.8 Å². The van der Waals surface area contributed by atoms with E-state index < -0.39 is 0 Å². The van der Waals surface area contributed by atoms with Gasteiger partial charge in [0.2, 0.25) is 5.88 Å². The molecule has 18 heavy (non-hydrogen) atoms. The Kier molecular flexibility index (Phi) is 4.08. The van der Waals surface area contributed by atoms with Crippen molar-refractivity contribution in [2.75, 3.05) is 39.8 Å². The zero-order valence-corrected chi connectivity index (χ0v) is 11.2. The van der Waals surface area contributed by atoms with Crippen molar-refractivity contribution in [3.05, 3.63) is 16.7 Å². The van der Waals surface area contributed by atoms with Crippen molar-refractivity contribution < 1.29 is 5.11 Å². The minimum absolute atomic E-state index is 0.0564. The molecule has 1 fully saturated rings. The molecule has 0 bridgehead atoms. The van der Waals surface area contributed by atoms with E-state index in [4.69, 9.17) is 0 Å². The van der Waals surface area contributed by atoms with Crippen LogP contribution >= 0.6 is 0 Å². The molecule has 0 amide bonds. The molecule has 0 aliphatic carbocycles. The summed E-state index contributed by atoms with van der Waals surface area (Å²) in [5.74, 6) is 0.0564. The number of hydrogen-bond acceptors (Lipinski definition) is 4. The fourth-order valence-electron chi connectivity index (χ4n) is 2.32. The van der Waals surface area contributed by atoms with Crippen LogP contribution < -0.4 is 5.69 Å². The molecular weight excluding hydrogens is 232 g/mol. The van der Waals surface area contributed by atoms with Gasteiger partial charge in [0.25, 0.3) is 0 Å². The summed E-state index contributed by atoms with van der Waals surface area (Å²) < 4.78 is 2.83. The van der Waals surface area contributed by atoms with Gasteiger partial charge in [-0.3, -0.25) is 9.13 Å². The van der Waals surface area contributed by atoms with Crippen LogP contribution in [0.4, 0.5) is 0 Å². The molecule has 1 aliphatic rings. The molecule has 1 N–H and O–H groups in total. The summed E-state index contributed by atoms with van der Waals surface area (Å²) in [5, 5.41) is 9.61. The van der Waals surface area contributed by atoms with Crippen molar-refractivity contribution >= 4 is 0 Å². The Hall–Kier alpha value is -1.27. The number of nitrogens with zero attached hydrogens (tertiary/aromatic N) is 4. The van der Waals surface area contributed by atoms with Crippen LogP contribution in [0.5, 0.6) is 5.88 Å². The predicted octanol–water partition coefficient (Wildman–Crippen LogP) is -0.470. The van der Waals surface area contributed by atoms with Gasteiger partial charge in [-0.25, -0.2) is 4.79 Å². The maximum Gasteiger partial charge on any atom is 0.330 e. The molecule has 6 nitrogen and oxygen atoms in total. The predicted molar refractivity (Wildman–Crippen MR) is 69.9 cm³/mol. The lowest BCUT2D eigenvalue weighted by molar-refractivity contribution is 0.151. The number of piperazine rings is 1. The van der Waals surface area contributed by atoms with Gasteiger partial charge in [-0.05, 0) is 20.0 Å². The molecule has 2 heterocycles. The Bertz CT molecular complexity index is 443. The van der Waals surface area contributed by atoms with Crippen LogP contribution in [0.25, 0.3) is 0 Å². The Labute approximate surface area is 107 Å². The van der Waals surface area contributed by atoms with Crippen LogP contribution in [0.15, 0.2) is 11.0 Å². The molecule has 102 valence electrons. The summed E-state index contributed by atoms with van der Waals surface area (Å²) in [6, 6.07) is 0. The summed E-state index contributed by atoms with van der Waals surface area (Å²) in [7, 11) is 3.79. The monoisotopic (exact) mass is 254 g/mol. The molecule has 6 heteroatoms. The summed E-state index contributed by atoms with van der Waals surface area (Å²) in [5.41, 5.74) is -0.147. The Balaban J connectivity index is 1.80. The normalized spacial score (nSPS) is 18.3. The topological polar surface area (TPSA) is 53.6 Å². The van der Waals surface area contributed by atoms with E-state index in [0.717, 1.165) is 39.1 Å². The molecule has 0 atom stereocenters. The lowest BCUT2D eigenvalue weighted by atomic mass is 10.3. The quantitative estimate of drug-likeness (QED) is 0.789. The van der Waals surface area contributed by atoms with Gasteiger partial charge in [0.1, 0.15) is 0 Å². The molecule has 1 aromatic heterocycles. The summed E-state index contributed by atoms with van der Waals surface area (Å²) in [4.78, 5) is 16.4. The number of rotatable bonds is 4. The molecule has 1 aliphatic heterocycles. The van der Waals surface area contributed by atoms with Crippen molar-refractivity contribution in [1.29, 1.82) is 0 Å². The van der Waals surface area contributed by atoms with Crippen molar-refractivity contribution in [2.24, 2.45) is 7.05 Å². The third kappa shape index (κ3) is 2.94. The highest BCUT2D eigenvalue weighted by atomic mass is 16.3. The third-order valence-corrected chi connectivity index (χ3v) is 3.57. The largest absolute Gasteiger partial charge is 0.493 e. The van der Waals surface area contributed by atoms with Crippen LogP contribution in [-0.4, -0.2) is 63.8 Å². The second-order valence-electron chi connectivity index (χ2n) is 5.03. The molecular formula is C12H22N4O2. The lowest BCUT2D eigenvalue weighted by Crippen LogP contribution is -2.44. The zero-order valence-electron chi connectivity index (χ0n) is 11.2. The number of imidazole rings is 1. The van der Waals surface area contributed by atoms with E-state index in [0.29, 0.717) is 6.54 Å². The maximum absolute atomic E-state index is 11.7. The standard InChI is InChI=1S/C12H22N4O2/c1-13-6-8-15(9-7-13)4-3-5-16-11(17)10-14(2)12(16)18/h10,17H,3-9H2,1-2H3. The van der Waals surface area contributed by atoms with Crippen LogP contribution in [-0.2, 0) is 13.6 Å². The van der Waals surface area contributed by atoms with Gasteiger partial charge in [0.05, 0.1) is 6.20 Å². The number of hydrogen-bond donors (Lipinski definition) is 1. The average molecular weight is 254 g/mol. The highest BCUT2D eigenvalue weighted by Gasteiger charge is 2.13. The van der Waals surface area contributed by atoms with Crippen molar-refractivity contribution in [3.63, 3.8) is 0 Å². The molecule has 0 aromatic carbocycles. The first-order valence-corrected chi connectivity index (χ1v) is 6.44. The number of aryl methyl sites for hydroxylation is 1. The van der Waals surface area contributed by atoms with E-state index >= 15 is 0 Å². The number of likely N-dealkylation sites (N-methyl/N-ethyl adjacent to an activating group) is 1. The number of aromatic hydroxyl groups is 1. The highest BCUT2D eigenvalue weighted by molar-refractivity contribution is 5.04. The summed E-state index contributed by atoms with van der Waals surface area (Å²) >= 11 is 0. The van der Waals surface area contributed by atoms with E-state index in [1.165, 1.54) is 15.3 Å². The van der Waals surface area contributed by atoms with Crippen molar-refractivity contribution in [2.45, 2.75) is 13.0 Å². The first kappa shape index (κ1) is 13.2. The first-order valence-electron chi connectivity index (χ1n) is 6.44. The van der Waals surface area contributed by atoms with Crippen LogP contribution in [0, 0.1) is 0 Å². The second-order valence-corrected chi connectivity index (χ2v) is 5.03. The molecule has 0 saturated carbocycles. The van der Waals surface area contributed by atoms with Gasteiger partial charge >= 0.3 is 5.69 Å². The molecule has 0 spiro atoms. The average Bonchev–Trinajstić information content (AvgIpc) is 2.58. The van der Waals surface area contributed by atoms with E-state index in [-0.39, 0.29) is 11.6 Å². The van der Waals surface area contributed by atoms with Gasteiger partial charge in [-0.15, -0.1) is 0 Å². The molecule has 0 unspecified atom stereocenters. The van der Waals surface area contributed by atoms with Crippen LogP contribution in [0.2, 0.25) is 0 Å². The van der Waals surface area contributed by atoms with Crippen LogP contribution in [0.1, 0.15) is 6.42 Å². The molecule has 1 aromatic rings. The summed E-state index contributed by atoms with van der Waals surface area (Å²) in [6.45, 7) is 5.96. The third-order valence-electron chi connectivity index (χ3n) is 3.57. The maximum atomic E-state index is 11.7. The van der Waals surface area contributed by atoms with Crippen molar-refractivity contribution in [1.82, 2.24) is 18.9 Å². The molecule has 1 saturated heterocycles. The van der Waals surface area contributed by atoms with E-state index in [9.17, 15) is 9.90 Å². The number of aromatic nitrogens is 2. The minimum Gasteiger partial charge on any atom is -0.493 e. The van der Waals surface area contributed by atoms with E-state index in [1.807, 2.05) is 0 Å². The first-order chi connectivity index (χ1) is 8.58. The highest BCUT2D eigenvalue weighted by Crippen LogP contribution is 2.06. The Morgan fingerprint density at radius 2 is 1.83 bits per heavy atom. The Morgan fingerprint density at radius 1 is 1.17 bits per heavy atom. The second kappa shape index (κ2) is 5.58. The van der Waals surface area contributed by atoms with E-state index in [2.05, 4.69) is 16.8 Å². The lowest BCUT2D eigenvalue weighted by Gasteiger charge is -2.32. The smallest absolute Gasteiger partial charge is 0.330 e. The van der Waals surface area contributed by atoms with E-state index in [1.54, 1.807) is 7.05 Å². The summed E-state index contributed by atoms with van der Waals surface area (Å²) in [6.07, 6.45) is 2.35. The molecule has 0 radical (unpaired) electrons. The van der Waals surface area contributed by atoms with Crippen molar-refractivity contribution in [3.8, 4) is 5.88 Å². The van der Waals surface area contributed by atoms with Gasteiger partial charge in [0.15, 0.2) is 0 Å². The fourth-order valence-corrected chi connectivity index (χ4v) is 2.32. The van der Waals surface area contributed by atoms with Gasteiger partial charge in [-0.2, -0.15) is 0 Å². The van der Waals surface area contributed by atoms with Crippen LogP contribution in [0.3, 0.4) is 0 Å². The SMILES string of the molecule is CN1CCN(CCCn2c(O)cn(C)c2=O)CC1. The van der Waals surface area contributed by atoms with Gasteiger partial charge in [-0.1, -0.05) is 0 Å². The Morgan fingerprint density at radius 3 is 2.39 bits per heavy atom. The zero-order chi connectivity index (χ0) is 13.1. The minimum atomic E-state index is -0.147. The van der Waals surface area contributed by atoms with Gasteiger partial charge < -0.3 is 14.9 Å². The molecule has 2 rings (SSSR count). The fraction of sp³-hybridized carbons (Fsp3) is 0.750.